The lowest BCUT2D eigenvalue weighted by molar-refractivity contribution is -0.129. The molecule has 2 rings (SSSR count). The summed E-state index contributed by atoms with van der Waals surface area (Å²) in [6, 6.07) is 0. The zero-order chi connectivity index (χ0) is 11.9. The molecule has 1 heteroatoms. The number of carbonyl (C=O) groups is 1. The molecule has 0 bridgehead atoms. The Morgan fingerprint density at radius 3 is 2.75 bits per heavy atom. The fourth-order valence-electron chi connectivity index (χ4n) is 3.84. The van der Waals surface area contributed by atoms with E-state index in [-0.39, 0.29) is 11.3 Å². The average Bonchev–Trinajstić information content (AvgIpc) is 2.55. The molecule has 2 aliphatic carbocycles. The summed E-state index contributed by atoms with van der Waals surface area (Å²) in [5, 5.41) is 0. The van der Waals surface area contributed by atoms with Crippen molar-refractivity contribution in [3.05, 3.63) is 12.2 Å². The van der Waals surface area contributed by atoms with Crippen molar-refractivity contribution in [1.82, 2.24) is 0 Å². The van der Waals surface area contributed by atoms with E-state index in [1.54, 1.807) is 0 Å². The van der Waals surface area contributed by atoms with Crippen LogP contribution < -0.4 is 0 Å². The molecule has 90 valence electrons. The van der Waals surface area contributed by atoms with Crippen LogP contribution in [0.2, 0.25) is 0 Å². The molecular formula is C15H24O. The molecule has 2 aliphatic rings. The summed E-state index contributed by atoms with van der Waals surface area (Å²) in [5.74, 6) is 1.79. The highest BCUT2D eigenvalue weighted by Gasteiger charge is 2.50. The molecular weight excluding hydrogens is 196 g/mol. The molecule has 0 saturated heterocycles. The molecule has 0 N–H and O–H groups in total. The summed E-state index contributed by atoms with van der Waals surface area (Å²) in [5.41, 5.74) is 1.60. The summed E-state index contributed by atoms with van der Waals surface area (Å²) < 4.78 is 0. The predicted octanol–water partition coefficient (Wildman–Crippen LogP) is 3.98. The van der Waals surface area contributed by atoms with Gasteiger partial charge in [0.05, 0.1) is 0 Å². The van der Waals surface area contributed by atoms with Gasteiger partial charge in [-0.05, 0) is 42.9 Å². The van der Waals surface area contributed by atoms with E-state index in [2.05, 4.69) is 27.4 Å². The van der Waals surface area contributed by atoms with Crippen LogP contribution in [-0.2, 0) is 4.79 Å². The molecule has 0 aromatic rings. The summed E-state index contributed by atoms with van der Waals surface area (Å²) >= 11 is 0. The Labute approximate surface area is 99.3 Å². The van der Waals surface area contributed by atoms with E-state index in [1.807, 2.05) is 0 Å². The monoisotopic (exact) mass is 220 g/mol. The molecule has 16 heavy (non-hydrogen) atoms. The van der Waals surface area contributed by atoms with E-state index < -0.39 is 0 Å². The Morgan fingerprint density at radius 1 is 1.44 bits per heavy atom. The number of fused-ring (bicyclic) bond motifs is 1. The van der Waals surface area contributed by atoms with Crippen molar-refractivity contribution in [2.24, 2.45) is 23.2 Å². The molecule has 0 amide bonds. The molecule has 1 nitrogen and oxygen atoms in total. The van der Waals surface area contributed by atoms with Gasteiger partial charge in [-0.15, -0.1) is 0 Å². The Bertz CT molecular complexity index is 315. The largest absolute Gasteiger partial charge is 0.299 e. The highest BCUT2D eigenvalue weighted by Crippen LogP contribution is 2.55. The molecule has 3 atom stereocenters. The van der Waals surface area contributed by atoms with Gasteiger partial charge in [-0.3, -0.25) is 4.79 Å². The van der Waals surface area contributed by atoms with Gasteiger partial charge in [0, 0.05) is 12.3 Å². The van der Waals surface area contributed by atoms with Crippen LogP contribution in [0.1, 0.15) is 52.9 Å². The highest BCUT2D eigenvalue weighted by atomic mass is 16.1. The normalized spacial score (nSPS) is 38.9. The zero-order valence-corrected chi connectivity index (χ0v) is 10.9. The van der Waals surface area contributed by atoms with Crippen molar-refractivity contribution in [2.45, 2.75) is 52.9 Å². The third kappa shape index (κ3) is 1.74. The van der Waals surface area contributed by atoms with Gasteiger partial charge in [0.15, 0.2) is 0 Å². The Kier molecular flexibility index (Phi) is 2.98. The summed E-state index contributed by atoms with van der Waals surface area (Å²) in [4.78, 5) is 12.2. The van der Waals surface area contributed by atoms with Crippen molar-refractivity contribution in [3.8, 4) is 0 Å². The standard InChI is InChI=1S/C15H24O/c1-10(2)11(3)12-7-9-15(4)8-5-6-13(16)14(12)15/h10,12,14H,3,5-9H2,1-2,4H3/t12-,14-,15-/m1/s1. The third-order valence-electron chi connectivity index (χ3n) is 4.92. The first-order chi connectivity index (χ1) is 7.46. The van der Waals surface area contributed by atoms with E-state index in [0.29, 0.717) is 17.6 Å². The maximum atomic E-state index is 12.2. The molecule has 0 radical (unpaired) electrons. The second-order valence-corrected chi connectivity index (χ2v) is 6.33. The Morgan fingerprint density at radius 2 is 2.12 bits per heavy atom. The van der Waals surface area contributed by atoms with Gasteiger partial charge in [0.2, 0.25) is 0 Å². The molecule has 2 fully saturated rings. The van der Waals surface area contributed by atoms with Crippen LogP contribution in [0.5, 0.6) is 0 Å². The van der Waals surface area contributed by atoms with E-state index in [4.69, 9.17) is 0 Å². The molecule has 0 heterocycles. The van der Waals surface area contributed by atoms with Crippen LogP contribution in [-0.4, -0.2) is 5.78 Å². The molecule has 0 aromatic heterocycles. The van der Waals surface area contributed by atoms with E-state index in [9.17, 15) is 4.79 Å². The smallest absolute Gasteiger partial charge is 0.137 e. The number of rotatable bonds is 2. The number of hydrogen-bond donors (Lipinski definition) is 0. The van der Waals surface area contributed by atoms with Gasteiger partial charge in [-0.1, -0.05) is 32.9 Å². The predicted molar refractivity (Wildman–Crippen MR) is 67.2 cm³/mol. The van der Waals surface area contributed by atoms with Gasteiger partial charge >= 0.3 is 0 Å². The first-order valence-electron chi connectivity index (χ1n) is 6.67. The van der Waals surface area contributed by atoms with Crippen molar-refractivity contribution in [2.75, 3.05) is 0 Å². The topological polar surface area (TPSA) is 17.1 Å². The Balaban J connectivity index is 2.24. The van der Waals surface area contributed by atoms with Crippen LogP contribution in [0.3, 0.4) is 0 Å². The summed E-state index contributed by atoms with van der Waals surface area (Å²) in [6.07, 6.45) is 5.56. The van der Waals surface area contributed by atoms with Gasteiger partial charge in [0.25, 0.3) is 0 Å². The minimum absolute atomic E-state index is 0.288. The number of hydrogen-bond acceptors (Lipinski definition) is 1. The quantitative estimate of drug-likeness (QED) is 0.643. The fourth-order valence-corrected chi connectivity index (χ4v) is 3.84. The van der Waals surface area contributed by atoms with Gasteiger partial charge in [-0.25, -0.2) is 0 Å². The number of Topliss-reactive ketones (excluding diaryl/α,β-unsaturated/α-hetero) is 1. The van der Waals surface area contributed by atoms with E-state index >= 15 is 0 Å². The molecule has 0 unspecified atom stereocenters. The zero-order valence-electron chi connectivity index (χ0n) is 10.9. The van der Waals surface area contributed by atoms with Crippen molar-refractivity contribution < 1.29 is 4.79 Å². The minimum atomic E-state index is 0.288. The van der Waals surface area contributed by atoms with Crippen LogP contribution in [0.25, 0.3) is 0 Å². The third-order valence-corrected chi connectivity index (χ3v) is 4.92. The van der Waals surface area contributed by atoms with Crippen LogP contribution in [0.15, 0.2) is 12.2 Å². The first-order valence-corrected chi connectivity index (χ1v) is 6.67. The fraction of sp³-hybridized carbons (Fsp3) is 0.800. The van der Waals surface area contributed by atoms with Gasteiger partial charge in [0.1, 0.15) is 5.78 Å². The van der Waals surface area contributed by atoms with E-state index in [1.165, 1.54) is 24.8 Å². The maximum Gasteiger partial charge on any atom is 0.137 e. The lowest BCUT2D eigenvalue weighted by atomic mass is 9.65. The minimum Gasteiger partial charge on any atom is -0.299 e. The molecule has 0 aromatic carbocycles. The number of ketones is 1. The lowest BCUT2D eigenvalue weighted by Gasteiger charge is -2.38. The van der Waals surface area contributed by atoms with Crippen LogP contribution in [0, 0.1) is 23.2 Å². The van der Waals surface area contributed by atoms with Crippen molar-refractivity contribution >= 4 is 5.78 Å². The lowest BCUT2D eigenvalue weighted by Crippen LogP contribution is -2.37. The van der Waals surface area contributed by atoms with Crippen LogP contribution in [0.4, 0.5) is 0 Å². The SMILES string of the molecule is C=C(C(C)C)[C@H]1CC[C@@]2(C)CCCC(=O)[C@@H]12. The van der Waals surface area contributed by atoms with E-state index in [0.717, 1.165) is 12.8 Å². The van der Waals surface area contributed by atoms with Gasteiger partial charge < -0.3 is 0 Å². The summed E-state index contributed by atoms with van der Waals surface area (Å²) in [7, 11) is 0. The van der Waals surface area contributed by atoms with Crippen molar-refractivity contribution in [3.63, 3.8) is 0 Å². The first kappa shape index (κ1) is 11.9. The molecule has 0 spiro atoms. The Hall–Kier alpha value is -0.590. The van der Waals surface area contributed by atoms with Gasteiger partial charge in [-0.2, -0.15) is 0 Å². The molecule has 0 aliphatic heterocycles. The number of allylic oxidation sites excluding steroid dienone is 1. The van der Waals surface area contributed by atoms with Crippen molar-refractivity contribution in [1.29, 1.82) is 0 Å². The number of carbonyl (C=O) groups excluding carboxylic acids is 1. The second-order valence-electron chi connectivity index (χ2n) is 6.33. The maximum absolute atomic E-state index is 12.2. The average molecular weight is 220 g/mol. The second kappa shape index (κ2) is 4.01. The summed E-state index contributed by atoms with van der Waals surface area (Å²) in [6.45, 7) is 11.0. The molecule has 2 saturated carbocycles. The highest BCUT2D eigenvalue weighted by molar-refractivity contribution is 5.83. The van der Waals surface area contributed by atoms with Crippen LogP contribution >= 0.6 is 0 Å².